The van der Waals surface area contributed by atoms with E-state index in [0.717, 1.165) is 22.0 Å². The minimum Gasteiger partial charge on any atom is -0.276 e. The van der Waals surface area contributed by atoms with E-state index in [2.05, 4.69) is 55.2 Å². The van der Waals surface area contributed by atoms with E-state index >= 15 is 0 Å². The highest BCUT2D eigenvalue weighted by Gasteiger charge is 2.17. The molecule has 0 bridgehead atoms. The molecule has 0 aliphatic rings. The van der Waals surface area contributed by atoms with Crippen LogP contribution in [0.2, 0.25) is 0 Å². The molecule has 4 rings (SSSR count). The Hall–Kier alpha value is -2.60. The molecule has 4 aromatic rings. The van der Waals surface area contributed by atoms with Crippen LogP contribution in [0.15, 0.2) is 52.4 Å². The van der Waals surface area contributed by atoms with Gasteiger partial charge in [0.25, 0.3) is 5.56 Å². The quantitative estimate of drug-likeness (QED) is 0.466. The van der Waals surface area contributed by atoms with E-state index in [4.69, 9.17) is 0 Å². The lowest BCUT2D eigenvalue weighted by Gasteiger charge is -2.13. The SMILES string of the molecule is Cc1cccc(CSc2nnc3n(CC(C)C)c(=O)c4cc(C)ccc4n23)c1. The van der Waals surface area contributed by atoms with Gasteiger partial charge in [-0.2, -0.15) is 0 Å². The number of rotatable bonds is 5. The lowest BCUT2D eigenvalue weighted by molar-refractivity contribution is 0.517. The molecule has 0 radical (unpaired) electrons. The van der Waals surface area contributed by atoms with E-state index in [1.807, 2.05) is 29.5 Å². The average Bonchev–Trinajstić information content (AvgIpc) is 3.07. The predicted molar refractivity (Wildman–Crippen MR) is 115 cm³/mol. The van der Waals surface area contributed by atoms with Crippen molar-refractivity contribution in [2.45, 2.75) is 45.1 Å². The van der Waals surface area contributed by atoms with Crippen LogP contribution < -0.4 is 5.56 Å². The zero-order chi connectivity index (χ0) is 19.8. The fraction of sp³-hybridized carbons (Fsp3) is 0.318. The Balaban J connectivity index is 1.87. The number of thioether (sulfide) groups is 1. The zero-order valence-corrected chi connectivity index (χ0v) is 17.5. The van der Waals surface area contributed by atoms with Crippen molar-refractivity contribution >= 4 is 28.4 Å². The Labute approximate surface area is 168 Å². The third-order valence-electron chi connectivity index (χ3n) is 4.72. The maximum atomic E-state index is 13.1. The molecular formula is C22H24N4OS. The van der Waals surface area contributed by atoms with Crippen molar-refractivity contribution in [1.29, 1.82) is 0 Å². The molecule has 2 heterocycles. The minimum absolute atomic E-state index is 0.00235. The maximum Gasteiger partial charge on any atom is 0.262 e. The first-order chi connectivity index (χ1) is 13.4. The normalized spacial score (nSPS) is 11.8. The Morgan fingerprint density at radius 1 is 1.04 bits per heavy atom. The summed E-state index contributed by atoms with van der Waals surface area (Å²) in [5.74, 6) is 1.75. The van der Waals surface area contributed by atoms with Crippen molar-refractivity contribution in [2.24, 2.45) is 5.92 Å². The summed E-state index contributed by atoms with van der Waals surface area (Å²) in [5, 5.41) is 10.3. The molecule has 28 heavy (non-hydrogen) atoms. The number of benzene rings is 2. The molecule has 0 saturated heterocycles. The third-order valence-corrected chi connectivity index (χ3v) is 5.72. The van der Waals surface area contributed by atoms with Crippen molar-refractivity contribution in [3.05, 3.63) is 69.5 Å². The molecule has 144 valence electrons. The van der Waals surface area contributed by atoms with E-state index < -0.39 is 0 Å². The molecule has 2 aromatic heterocycles. The molecule has 6 heteroatoms. The zero-order valence-electron chi connectivity index (χ0n) is 16.6. The lowest BCUT2D eigenvalue weighted by Crippen LogP contribution is -2.25. The van der Waals surface area contributed by atoms with Crippen LogP contribution in [0.25, 0.3) is 16.7 Å². The van der Waals surface area contributed by atoms with Crippen LogP contribution in [0.1, 0.15) is 30.5 Å². The molecule has 0 N–H and O–H groups in total. The van der Waals surface area contributed by atoms with E-state index in [9.17, 15) is 4.79 Å². The van der Waals surface area contributed by atoms with Crippen LogP contribution in [0, 0.1) is 19.8 Å². The second-order valence-corrected chi connectivity index (χ2v) is 8.67. The summed E-state index contributed by atoms with van der Waals surface area (Å²) in [5.41, 5.74) is 4.43. The first kappa shape index (κ1) is 18.7. The lowest BCUT2D eigenvalue weighted by atomic mass is 10.1. The average molecular weight is 393 g/mol. The summed E-state index contributed by atoms with van der Waals surface area (Å²) in [6, 6.07) is 14.5. The Morgan fingerprint density at radius 2 is 1.82 bits per heavy atom. The van der Waals surface area contributed by atoms with Crippen LogP contribution in [-0.2, 0) is 12.3 Å². The second-order valence-electron chi connectivity index (χ2n) is 7.73. The van der Waals surface area contributed by atoms with E-state index in [0.29, 0.717) is 23.6 Å². The molecule has 0 fully saturated rings. The highest BCUT2D eigenvalue weighted by atomic mass is 32.2. The van der Waals surface area contributed by atoms with Gasteiger partial charge in [-0.05, 0) is 37.5 Å². The van der Waals surface area contributed by atoms with Crippen LogP contribution in [0.3, 0.4) is 0 Å². The molecule has 0 spiro atoms. The molecule has 0 amide bonds. The third kappa shape index (κ3) is 3.44. The largest absolute Gasteiger partial charge is 0.276 e. The molecule has 0 unspecified atom stereocenters. The number of aromatic nitrogens is 4. The Morgan fingerprint density at radius 3 is 2.57 bits per heavy atom. The highest BCUT2D eigenvalue weighted by Crippen LogP contribution is 2.25. The van der Waals surface area contributed by atoms with E-state index in [-0.39, 0.29) is 5.56 Å². The van der Waals surface area contributed by atoms with Crippen LogP contribution in [0.4, 0.5) is 0 Å². The highest BCUT2D eigenvalue weighted by molar-refractivity contribution is 7.98. The van der Waals surface area contributed by atoms with Crippen LogP contribution >= 0.6 is 11.8 Å². The molecule has 0 aliphatic carbocycles. The predicted octanol–water partition coefficient (Wildman–Crippen LogP) is 4.61. The number of nitrogens with zero attached hydrogens (tertiary/aromatic N) is 4. The smallest absolute Gasteiger partial charge is 0.262 e. The van der Waals surface area contributed by atoms with Crippen molar-refractivity contribution in [3.63, 3.8) is 0 Å². The summed E-state index contributed by atoms with van der Waals surface area (Å²) in [6.45, 7) is 8.93. The molecule has 2 aromatic carbocycles. The van der Waals surface area contributed by atoms with Crippen LogP contribution in [0.5, 0.6) is 0 Å². The van der Waals surface area contributed by atoms with Crippen molar-refractivity contribution < 1.29 is 0 Å². The minimum atomic E-state index is 0.00235. The number of hydrogen-bond acceptors (Lipinski definition) is 4. The molecule has 0 atom stereocenters. The van der Waals surface area contributed by atoms with Gasteiger partial charge < -0.3 is 0 Å². The van der Waals surface area contributed by atoms with Gasteiger partial charge >= 0.3 is 0 Å². The number of aryl methyl sites for hydroxylation is 2. The Bertz CT molecular complexity index is 1220. The molecular weight excluding hydrogens is 368 g/mol. The van der Waals surface area contributed by atoms with Gasteiger partial charge in [0.05, 0.1) is 10.9 Å². The van der Waals surface area contributed by atoms with Gasteiger partial charge in [-0.3, -0.25) is 13.8 Å². The second kappa shape index (κ2) is 7.43. The number of hydrogen-bond donors (Lipinski definition) is 0. The summed E-state index contributed by atoms with van der Waals surface area (Å²) >= 11 is 1.64. The number of fused-ring (bicyclic) bond motifs is 3. The van der Waals surface area contributed by atoms with Crippen molar-refractivity contribution in [1.82, 2.24) is 19.2 Å². The van der Waals surface area contributed by atoms with Crippen molar-refractivity contribution in [2.75, 3.05) is 0 Å². The molecule has 0 saturated carbocycles. The fourth-order valence-corrected chi connectivity index (χ4v) is 4.36. The van der Waals surface area contributed by atoms with Gasteiger partial charge in [0.1, 0.15) is 0 Å². The summed E-state index contributed by atoms with van der Waals surface area (Å²) in [6.07, 6.45) is 0. The first-order valence-corrected chi connectivity index (χ1v) is 10.5. The summed E-state index contributed by atoms with van der Waals surface area (Å²) in [7, 11) is 0. The van der Waals surface area contributed by atoms with E-state index in [1.165, 1.54) is 11.1 Å². The summed E-state index contributed by atoms with van der Waals surface area (Å²) in [4.78, 5) is 13.1. The molecule has 0 aliphatic heterocycles. The van der Waals surface area contributed by atoms with Gasteiger partial charge in [0.15, 0.2) is 5.16 Å². The topological polar surface area (TPSA) is 52.2 Å². The summed E-state index contributed by atoms with van der Waals surface area (Å²) < 4.78 is 3.79. The Kier molecular flexibility index (Phi) is 4.98. The van der Waals surface area contributed by atoms with Gasteiger partial charge in [-0.1, -0.05) is 67.1 Å². The van der Waals surface area contributed by atoms with E-state index in [1.54, 1.807) is 16.3 Å². The van der Waals surface area contributed by atoms with Crippen LogP contribution in [-0.4, -0.2) is 19.2 Å². The monoisotopic (exact) mass is 392 g/mol. The first-order valence-electron chi connectivity index (χ1n) is 9.50. The van der Waals surface area contributed by atoms with Gasteiger partial charge in [0, 0.05) is 12.3 Å². The van der Waals surface area contributed by atoms with Gasteiger partial charge in [-0.15, -0.1) is 10.2 Å². The fourth-order valence-electron chi connectivity index (χ4n) is 3.47. The standard InChI is InChI=1S/C22H24N4OS/c1-14(2)12-25-20(27)18-11-16(4)8-9-19(18)26-21(25)23-24-22(26)28-13-17-7-5-6-15(3)10-17/h5-11,14H,12-13H2,1-4H3. The molecule has 5 nitrogen and oxygen atoms in total. The van der Waals surface area contributed by atoms with Gasteiger partial charge in [0.2, 0.25) is 5.78 Å². The van der Waals surface area contributed by atoms with Gasteiger partial charge in [-0.25, -0.2) is 0 Å². The maximum absolute atomic E-state index is 13.1. The van der Waals surface area contributed by atoms with Crippen molar-refractivity contribution in [3.8, 4) is 0 Å².